The Morgan fingerprint density at radius 1 is 1.10 bits per heavy atom. The molecular formula is C24H35FN4O2. The van der Waals surface area contributed by atoms with Crippen LogP contribution in [0.25, 0.3) is 10.9 Å². The zero-order valence-corrected chi connectivity index (χ0v) is 18.9. The zero-order valence-electron chi connectivity index (χ0n) is 18.9. The Morgan fingerprint density at radius 2 is 1.84 bits per heavy atom. The van der Waals surface area contributed by atoms with Crippen LogP contribution in [0.3, 0.4) is 0 Å². The summed E-state index contributed by atoms with van der Waals surface area (Å²) in [4.78, 5) is 16.5. The molecule has 6 nitrogen and oxygen atoms in total. The molecule has 3 heterocycles. The van der Waals surface area contributed by atoms with Crippen LogP contribution in [0.15, 0.2) is 18.2 Å². The van der Waals surface area contributed by atoms with Gasteiger partial charge in [0.25, 0.3) is 0 Å². The molecule has 0 bridgehead atoms. The van der Waals surface area contributed by atoms with Gasteiger partial charge in [-0.1, -0.05) is 13.8 Å². The van der Waals surface area contributed by atoms with Crippen LogP contribution in [0.4, 0.5) is 9.18 Å². The minimum absolute atomic E-state index is 0.162. The van der Waals surface area contributed by atoms with Gasteiger partial charge >= 0.3 is 6.09 Å². The summed E-state index contributed by atoms with van der Waals surface area (Å²) in [7, 11) is 0. The van der Waals surface area contributed by atoms with Crippen LogP contribution in [0.2, 0.25) is 0 Å². The number of halogens is 1. The number of hydrogen-bond acceptors (Lipinski definition) is 4. The topological polar surface area (TPSA) is 50.6 Å². The molecule has 2 fully saturated rings. The molecule has 0 saturated carbocycles. The molecule has 2 saturated heterocycles. The number of ether oxygens (including phenoxy) is 1. The average molecular weight is 431 g/mol. The summed E-state index contributed by atoms with van der Waals surface area (Å²) in [6.45, 7) is 9.13. The smallest absolute Gasteiger partial charge is 0.409 e. The maximum Gasteiger partial charge on any atom is 0.409 e. The number of aryl methyl sites for hydroxylation is 1. The first-order chi connectivity index (χ1) is 15.1. The number of nitrogens with zero attached hydrogens (tertiary/aromatic N) is 4. The van der Waals surface area contributed by atoms with E-state index in [1.165, 1.54) is 0 Å². The second-order valence-corrected chi connectivity index (χ2v) is 8.91. The first-order valence-corrected chi connectivity index (χ1v) is 11.9. The molecule has 2 aliphatic heterocycles. The Bertz CT molecular complexity index is 883. The van der Waals surface area contributed by atoms with E-state index in [0.29, 0.717) is 18.6 Å². The molecule has 4 rings (SSSR count). The maximum absolute atomic E-state index is 13.8. The van der Waals surface area contributed by atoms with Crippen molar-refractivity contribution in [3.05, 3.63) is 29.7 Å². The van der Waals surface area contributed by atoms with Gasteiger partial charge in [-0.15, -0.1) is 0 Å². The molecule has 170 valence electrons. The quantitative estimate of drug-likeness (QED) is 0.662. The van der Waals surface area contributed by atoms with Crippen LogP contribution in [-0.2, 0) is 11.3 Å². The number of carbonyl (C=O) groups excluding carboxylic acids is 1. The van der Waals surface area contributed by atoms with E-state index >= 15 is 0 Å². The predicted molar refractivity (Wildman–Crippen MR) is 120 cm³/mol. The number of amides is 1. The molecule has 7 heteroatoms. The summed E-state index contributed by atoms with van der Waals surface area (Å²) in [5, 5.41) is 6.01. The lowest BCUT2D eigenvalue weighted by molar-refractivity contribution is 0.0639. The highest BCUT2D eigenvalue weighted by Crippen LogP contribution is 2.34. The van der Waals surface area contributed by atoms with Gasteiger partial charge in [0.1, 0.15) is 5.82 Å². The van der Waals surface area contributed by atoms with Gasteiger partial charge in [0, 0.05) is 37.0 Å². The highest BCUT2D eigenvalue weighted by Gasteiger charge is 2.31. The zero-order chi connectivity index (χ0) is 21.8. The molecule has 2 aliphatic rings. The third kappa shape index (κ3) is 4.86. The largest absolute Gasteiger partial charge is 0.449 e. The Kier molecular flexibility index (Phi) is 7.10. The van der Waals surface area contributed by atoms with Crippen molar-refractivity contribution in [2.45, 2.75) is 70.9 Å². The van der Waals surface area contributed by atoms with Crippen LogP contribution < -0.4 is 0 Å². The van der Waals surface area contributed by atoms with E-state index in [1.807, 2.05) is 22.6 Å². The Morgan fingerprint density at radius 3 is 2.52 bits per heavy atom. The van der Waals surface area contributed by atoms with Gasteiger partial charge in [0.15, 0.2) is 0 Å². The van der Waals surface area contributed by atoms with Gasteiger partial charge in [-0.25, -0.2) is 9.18 Å². The second kappa shape index (κ2) is 9.98. The van der Waals surface area contributed by atoms with Crippen LogP contribution in [0.5, 0.6) is 0 Å². The van der Waals surface area contributed by atoms with Crippen LogP contribution in [-0.4, -0.2) is 64.5 Å². The predicted octanol–water partition coefficient (Wildman–Crippen LogP) is 4.78. The maximum atomic E-state index is 13.8. The van der Waals surface area contributed by atoms with Crippen molar-refractivity contribution < 1.29 is 13.9 Å². The first kappa shape index (κ1) is 22.1. The van der Waals surface area contributed by atoms with Crippen molar-refractivity contribution in [1.82, 2.24) is 19.6 Å². The molecule has 0 atom stereocenters. The van der Waals surface area contributed by atoms with Gasteiger partial charge in [-0.3, -0.25) is 4.68 Å². The minimum atomic E-state index is -0.198. The standard InChI is InChI=1S/C24H35FN4O2/c1-3-11-29-22-17-19(25)5-6-21(22)23(26-29)18-7-12-27(13-8-18)20-9-14-28(15-10-20)24(30)31-16-4-2/h5-6,17-18,20H,3-4,7-16H2,1-2H3. The van der Waals surface area contributed by atoms with E-state index < -0.39 is 0 Å². The van der Waals surface area contributed by atoms with E-state index in [9.17, 15) is 9.18 Å². The fraction of sp³-hybridized carbons (Fsp3) is 0.667. The van der Waals surface area contributed by atoms with Gasteiger partial charge < -0.3 is 14.5 Å². The molecule has 1 aromatic heterocycles. The third-order valence-electron chi connectivity index (χ3n) is 6.76. The van der Waals surface area contributed by atoms with Crippen molar-refractivity contribution in [3.8, 4) is 0 Å². The monoisotopic (exact) mass is 430 g/mol. The molecular weight excluding hydrogens is 395 g/mol. The summed E-state index contributed by atoms with van der Waals surface area (Å²) < 4.78 is 21.1. The highest BCUT2D eigenvalue weighted by atomic mass is 19.1. The molecule has 1 aromatic carbocycles. The van der Waals surface area contributed by atoms with Gasteiger partial charge in [0.05, 0.1) is 17.8 Å². The number of carbonyl (C=O) groups is 1. The minimum Gasteiger partial charge on any atom is -0.449 e. The van der Waals surface area contributed by atoms with Crippen molar-refractivity contribution in [3.63, 3.8) is 0 Å². The number of likely N-dealkylation sites (tertiary alicyclic amines) is 2. The average Bonchev–Trinajstić information content (AvgIpc) is 3.15. The van der Waals surface area contributed by atoms with E-state index in [-0.39, 0.29) is 11.9 Å². The molecule has 0 aliphatic carbocycles. The van der Waals surface area contributed by atoms with E-state index in [1.54, 1.807) is 12.1 Å². The number of aromatic nitrogens is 2. The second-order valence-electron chi connectivity index (χ2n) is 8.91. The Hall–Kier alpha value is -2.15. The van der Waals surface area contributed by atoms with Crippen molar-refractivity contribution in [2.24, 2.45) is 0 Å². The lowest BCUT2D eigenvalue weighted by Gasteiger charge is -2.41. The SMILES string of the molecule is CCCOC(=O)N1CCC(N2CCC(c3nn(CCC)c4cc(F)ccc34)CC2)CC1. The van der Waals surface area contributed by atoms with Crippen LogP contribution in [0.1, 0.15) is 64.0 Å². The fourth-order valence-corrected chi connectivity index (χ4v) is 5.09. The number of fused-ring (bicyclic) bond motifs is 1. The van der Waals surface area contributed by atoms with Crippen molar-refractivity contribution in [2.75, 3.05) is 32.8 Å². The number of rotatable bonds is 6. The van der Waals surface area contributed by atoms with E-state index in [0.717, 1.165) is 87.8 Å². The van der Waals surface area contributed by atoms with E-state index in [2.05, 4.69) is 11.8 Å². The fourth-order valence-electron chi connectivity index (χ4n) is 5.09. The molecule has 0 spiro atoms. The molecule has 0 N–H and O–H groups in total. The summed E-state index contributed by atoms with van der Waals surface area (Å²) in [5.74, 6) is 0.225. The normalized spacial score (nSPS) is 19.3. The summed E-state index contributed by atoms with van der Waals surface area (Å²) >= 11 is 0. The van der Waals surface area contributed by atoms with Crippen LogP contribution in [0, 0.1) is 5.82 Å². The molecule has 31 heavy (non-hydrogen) atoms. The number of hydrogen-bond donors (Lipinski definition) is 0. The van der Waals surface area contributed by atoms with Gasteiger partial charge in [-0.2, -0.15) is 5.10 Å². The summed E-state index contributed by atoms with van der Waals surface area (Å²) in [6, 6.07) is 5.62. The first-order valence-electron chi connectivity index (χ1n) is 11.9. The third-order valence-corrected chi connectivity index (χ3v) is 6.76. The molecule has 2 aromatic rings. The highest BCUT2D eigenvalue weighted by molar-refractivity contribution is 5.82. The van der Waals surface area contributed by atoms with Gasteiger partial charge in [0.2, 0.25) is 0 Å². The number of benzene rings is 1. The lowest BCUT2D eigenvalue weighted by atomic mass is 9.90. The Labute approximate surface area is 184 Å². The van der Waals surface area contributed by atoms with Gasteiger partial charge in [-0.05, 0) is 69.8 Å². The number of piperidine rings is 2. The van der Waals surface area contributed by atoms with E-state index in [4.69, 9.17) is 9.84 Å². The molecule has 0 radical (unpaired) electrons. The van der Waals surface area contributed by atoms with Crippen molar-refractivity contribution in [1.29, 1.82) is 0 Å². The molecule has 1 amide bonds. The van der Waals surface area contributed by atoms with Crippen molar-refractivity contribution >= 4 is 17.0 Å². The summed E-state index contributed by atoms with van der Waals surface area (Å²) in [5.41, 5.74) is 2.05. The Balaban J connectivity index is 1.35. The molecule has 0 unspecified atom stereocenters. The summed E-state index contributed by atoms with van der Waals surface area (Å²) in [6.07, 6.45) is 5.86. The van der Waals surface area contributed by atoms with Crippen LogP contribution >= 0.6 is 0 Å². The lowest BCUT2D eigenvalue weighted by Crippen LogP contribution is -2.49.